The standard InChI is InChI=1S/C18H15F3O2/c1-12(17(22)23)10-16(13-6-3-2-4-7-13)14-8-5-9-15(11-14)18(19,20)21/h2-11,16H,1H3,(H,22,23)/b12-10+. The van der Waals surface area contributed by atoms with E-state index in [0.29, 0.717) is 5.56 Å². The molecule has 1 unspecified atom stereocenters. The summed E-state index contributed by atoms with van der Waals surface area (Å²) >= 11 is 0. The monoisotopic (exact) mass is 320 g/mol. The van der Waals surface area contributed by atoms with Gasteiger partial charge in [-0.05, 0) is 24.1 Å². The molecule has 23 heavy (non-hydrogen) atoms. The number of hydrogen-bond acceptors (Lipinski definition) is 1. The second-order valence-corrected chi connectivity index (χ2v) is 5.17. The van der Waals surface area contributed by atoms with Crippen LogP contribution in [0.3, 0.4) is 0 Å². The van der Waals surface area contributed by atoms with Crippen molar-refractivity contribution in [1.82, 2.24) is 0 Å². The van der Waals surface area contributed by atoms with Crippen molar-refractivity contribution in [2.24, 2.45) is 0 Å². The average molecular weight is 320 g/mol. The zero-order valence-electron chi connectivity index (χ0n) is 12.3. The molecule has 1 N–H and O–H groups in total. The molecule has 120 valence electrons. The molecule has 5 heteroatoms. The molecule has 0 saturated carbocycles. The highest BCUT2D eigenvalue weighted by Crippen LogP contribution is 2.33. The topological polar surface area (TPSA) is 37.3 Å². The van der Waals surface area contributed by atoms with Crippen LogP contribution < -0.4 is 0 Å². The van der Waals surface area contributed by atoms with E-state index in [2.05, 4.69) is 0 Å². The molecule has 2 aromatic rings. The third-order valence-corrected chi connectivity index (χ3v) is 3.49. The van der Waals surface area contributed by atoms with Crippen LogP contribution >= 0.6 is 0 Å². The van der Waals surface area contributed by atoms with Crippen LogP contribution in [-0.2, 0) is 11.0 Å². The molecule has 0 spiro atoms. The lowest BCUT2D eigenvalue weighted by Gasteiger charge is -2.17. The zero-order chi connectivity index (χ0) is 17.0. The van der Waals surface area contributed by atoms with Gasteiger partial charge in [-0.3, -0.25) is 0 Å². The first-order valence-corrected chi connectivity index (χ1v) is 6.93. The first kappa shape index (κ1) is 16.8. The van der Waals surface area contributed by atoms with Crippen LogP contribution in [0.25, 0.3) is 0 Å². The first-order valence-electron chi connectivity index (χ1n) is 6.93. The fourth-order valence-electron chi connectivity index (χ4n) is 2.28. The molecule has 0 saturated heterocycles. The normalized spacial score (nSPS) is 13.7. The zero-order valence-corrected chi connectivity index (χ0v) is 12.3. The summed E-state index contributed by atoms with van der Waals surface area (Å²) in [5.41, 5.74) is 0.452. The Balaban J connectivity index is 2.55. The maximum atomic E-state index is 12.9. The minimum absolute atomic E-state index is 0.0799. The molecule has 0 radical (unpaired) electrons. The fourth-order valence-corrected chi connectivity index (χ4v) is 2.28. The Morgan fingerprint density at radius 3 is 2.22 bits per heavy atom. The van der Waals surface area contributed by atoms with Gasteiger partial charge >= 0.3 is 12.1 Å². The minimum atomic E-state index is -4.44. The summed E-state index contributed by atoms with van der Waals surface area (Å²) in [6.45, 7) is 1.42. The van der Waals surface area contributed by atoms with E-state index in [4.69, 9.17) is 5.11 Å². The molecular formula is C18H15F3O2. The average Bonchev–Trinajstić information content (AvgIpc) is 2.52. The molecule has 0 aliphatic rings. The Morgan fingerprint density at radius 1 is 1.04 bits per heavy atom. The number of carboxylic acids is 1. The van der Waals surface area contributed by atoms with Gasteiger partial charge in [0.05, 0.1) is 5.56 Å². The summed E-state index contributed by atoms with van der Waals surface area (Å²) in [6, 6.07) is 13.8. The van der Waals surface area contributed by atoms with E-state index in [1.165, 1.54) is 19.1 Å². The van der Waals surface area contributed by atoms with Gasteiger partial charge in [0.2, 0.25) is 0 Å². The van der Waals surface area contributed by atoms with Crippen molar-refractivity contribution in [3.63, 3.8) is 0 Å². The van der Waals surface area contributed by atoms with Gasteiger partial charge in [-0.2, -0.15) is 13.2 Å². The SMILES string of the molecule is C/C(=C\C(c1ccccc1)c1cccc(C(F)(F)F)c1)C(=O)O. The summed E-state index contributed by atoms with van der Waals surface area (Å²) < 4.78 is 38.7. The molecule has 0 amide bonds. The van der Waals surface area contributed by atoms with E-state index in [-0.39, 0.29) is 5.57 Å². The smallest absolute Gasteiger partial charge is 0.416 e. The van der Waals surface area contributed by atoms with Gasteiger partial charge in [0.15, 0.2) is 0 Å². The van der Waals surface area contributed by atoms with Crippen LogP contribution in [0, 0.1) is 0 Å². The lowest BCUT2D eigenvalue weighted by molar-refractivity contribution is -0.137. The lowest BCUT2D eigenvalue weighted by atomic mass is 9.88. The number of hydrogen-bond donors (Lipinski definition) is 1. The third-order valence-electron chi connectivity index (χ3n) is 3.49. The van der Waals surface area contributed by atoms with Crippen LogP contribution in [-0.4, -0.2) is 11.1 Å². The highest BCUT2D eigenvalue weighted by atomic mass is 19.4. The highest BCUT2D eigenvalue weighted by Gasteiger charge is 2.31. The van der Waals surface area contributed by atoms with Gasteiger partial charge in [-0.25, -0.2) is 4.79 Å². The number of aliphatic carboxylic acids is 1. The molecule has 0 heterocycles. The Kier molecular flexibility index (Phi) is 4.89. The fraction of sp³-hybridized carbons (Fsp3) is 0.167. The van der Waals surface area contributed by atoms with E-state index in [0.717, 1.165) is 17.7 Å². The molecule has 0 bridgehead atoms. The number of benzene rings is 2. The maximum Gasteiger partial charge on any atom is 0.416 e. The van der Waals surface area contributed by atoms with Gasteiger partial charge in [0.25, 0.3) is 0 Å². The van der Waals surface area contributed by atoms with Gasteiger partial charge < -0.3 is 5.11 Å². The predicted molar refractivity (Wildman–Crippen MR) is 81.1 cm³/mol. The predicted octanol–water partition coefficient (Wildman–Crippen LogP) is 4.87. The van der Waals surface area contributed by atoms with Crippen LogP contribution in [0.4, 0.5) is 13.2 Å². The quantitative estimate of drug-likeness (QED) is 0.816. The van der Waals surface area contributed by atoms with Crippen molar-refractivity contribution in [3.8, 4) is 0 Å². The van der Waals surface area contributed by atoms with E-state index < -0.39 is 23.6 Å². The maximum absolute atomic E-state index is 12.9. The number of rotatable bonds is 4. The summed E-state index contributed by atoms with van der Waals surface area (Å²) in [5.74, 6) is -1.66. The van der Waals surface area contributed by atoms with E-state index in [9.17, 15) is 18.0 Å². The molecule has 0 aliphatic carbocycles. The molecule has 2 rings (SSSR count). The summed E-state index contributed by atoms with van der Waals surface area (Å²) in [4.78, 5) is 11.1. The largest absolute Gasteiger partial charge is 0.478 e. The van der Waals surface area contributed by atoms with Crippen LogP contribution in [0.5, 0.6) is 0 Å². The van der Waals surface area contributed by atoms with Crippen molar-refractivity contribution in [3.05, 3.63) is 82.9 Å². The van der Waals surface area contributed by atoms with Crippen molar-refractivity contribution in [2.45, 2.75) is 19.0 Å². The number of allylic oxidation sites excluding steroid dienone is 1. The Hall–Kier alpha value is -2.56. The molecule has 0 aromatic heterocycles. The second-order valence-electron chi connectivity index (χ2n) is 5.17. The van der Waals surface area contributed by atoms with Gasteiger partial charge in [-0.15, -0.1) is 0 Å². The second kappa shape index (κ2) is 6.69. The highest BCUT2D eigenvalue weighted by molar-refractivity contribution is 5.86. The number of alkyl halides is 3. The van der Waals surface area contributed by atoms with Gasteiger partial charge in [0, 0.05) is 11.5 Å². The lowest BCUT2D eigenvalue weighted by Crippen LogP contribution is -2.08. The summed E-state index contributed by atoms with van der Waals surface area (Å²) in [6.07, 6.45) is -2.98. The van der Waals surface area contributed by atoms with E-state index >= 15 is 0 Å². The summed E-state index contributed by atoms with van der Waals surface area (Å²) in [5, 5.41) is 9.06. The molecule has 0 aliphatic heterocycles. The van der Waals surface area contributed by atoms with Crippen LogP contribution in [0.2, 0.25) is 0 Å². The van der Waals surface area contributed by atoms with E-state index in [1.54, 1.807) is 36.4 Å². The molecule has 2 aromatic carbocycles. The van der Waals surface area contributed by atoms with Crippen LogP contribution in [0.1, 0.15) is 29.5 Å². The molecule has 0 fully saturated rings. The number of carboxylic acid groups (broad SMARTS) is 1. The van der Waals surface area contributed by atoms with Gasteiger partial charge in [-0.1, -0.05) is 54.6 Å². The molecular weight excluding hydrogens is 305 g/mol. The van der Waals surface area contributed by atoms with Crippen molar-refractivity contribution in [2.75, 3.05) is 0 Å². The Labute approximate surface area is 131 Å². The Morgan fingerprint density at radius 2 is 1.65 bits per heavy atom. The number of carbonyl (C=O) groups is 1. The van der Waals surface area contributed by atoms with Crippen LogP contribution in [0.15, 0.2) is 66.2 Å². The minimum Gasteiger partial charge on any atom is -0.478 e. The summed E-state index contributed by atoms with van der Waals surface area (Å²) in [7, 11) is 0. The van der Waals surface area contributed by atoms with Crippen molar-refractivity contribution >= 4 is 5.97 Å². The van der Waals surface area contributed by atoms with Gasteiger partial charge in [0.1, 0.15) is 0 Å². The van der Waals surface area contributed by atoms with Crippen molar-refractivity contribution in [1.29, 1.82) is 0 Å². The Bertz CT molecular complexity index is 719. The van der Waals surface area contributed by atoms with Crippen molar-refractivity contribution < 1.29 is 23.1 Å². The third kappa shape index (κ3) is 4.22. The van der Waals surface area contributed by atoms with E-state index in [1.807, 2.05) is 0 Å². The molecule has 1 atom stereocenters. The number of halogens is 3. The molecule has 2 nitrogen and oxygen atoms in total. The first-order chi connectivity index (χ1) is 10.8.